The summed E-state index contributed by atoms with van der Waals surface area (Å²) >= 11 is 0. The highest BCUT2D eigenvalue weighted by Gasteiger charge is 2.32. The van der Waals surface area contributed by atoms with Gasteiger partial charge in [-0.15, -0.1) is 0 Å². The van der Waals surface area contributed by atoms with Gasteiger partial charge in [0, 0.05) is 67.8 Å². The number of hydrogen-bond acceptors (Lipinski definition) is 7. The molecule has 12 nitrogen and oxygen atoms in total. The van der Waals surface area contributed by atoms with Crippen molar-refractivity contribution in [3.05, 3.63) is 36.4 Å². The number of aromatic amines is 2. The number of hydrogen-bond donors (Lipinski definition) is 5. The third-order valence-corrected chi connectivity index (χ3v) is 9.75. The number of rotatable bonds is 30. The van der Waals surface area contributed by atoms with Crippen molar-refractivity contribution < 1.29 is 24.0 Å². The van der Waals surface area contributed by atoms with E-state index in [1.165, 1.54) is 76.9 Å². The third-order valence-electron chi connectivity index (χ3n) is 9.75. The summed E-state index contributed by atoms with van der Waals surface area (Å²) < 4.78 is 0. The Labute approximate surface area is 318 Å². The topological polar surface area (TPSA) is 179 Å². The van der Waals surface area contributed by atoms with Gasteiger partial charge in [-0.1, -0.05) is 105 Å². The molecule has 0 aliphatic carbocycles. The van der Waals surface area contributed by atoms with E-state index in [1.54, 1.807) is 19.3 Å². The van der Waals surface area contributed by atoms with Crippen molar-refractivity contribution in [1.82, 2.24) is 35.9 Å². The van der Waals surface area contributed by atoms with Gasteiger partial charge in [0.2, 0.25) is 17.7 Å². The molecule has 2 rings (SSSR count). The van der Waals surface area contributed by atoms with Crippen molar-refractivity contribution in [2.75, 3.05) is 0 Å². The van der Waals surface area contributed by atoms with E-state index in [0.29, 0.717) is 18.5 Å². The molecule has 5 N–H and O–H groups in total. The van der Waals surface area contributed by atoms with Crippen LogP contribution in [0.5, 0.6) is 0 Å². The molecule has 2 aromatic heterocycles. The van der Waals surface area contributed by atoms with Crippen molar-refractivity contribution >= 4 is 29.3 Å². The standard InChI is InChI=1S/C41H69N7O5/c1-7-8-9-10-11-12-13-14-15-16-17-18-19-20-38(51)47-35(24-34-26-43-28-45-34)36(49)21-31(6)40(52)48-39(29(2)3)37(50)23-32(41(53)46-30(4)5)22-33-25-42-27-44-33/h25-32,35,39H,7-24H2,1-6H3,(H,42,44)(H,43,45)(H,46,53)(H,47,51)(H,48,52)/t31-,32-,35+,39+/m1/s1. The van der Waals surface area contributed by atoms with Crippen LogP contribution >= 0.6 is 0 Å². The molecule has 298 valence electrons. The average molecular weight is 740 g/mol. The summed E-state index contributed by atoms with van der Waals surface area (Å²) in [6, 6.07) is -1.75. The summed E-state index contributed by atoms with van der Waals surface area (Å²) in [5.74, 6) is -3.01. The van der Waals surface area contributed by atoms with Crippen LogP contribution in [0.15, 0.2) is 25.0 Å². The maximum absolute atomic E-state index is 13.6. The van der Waals surface area contributed by atoms with Gasteiger partial charge >= 0.3 is 0 Å². The lowest BCUT2D eigenvalue weighted by atomic mass is 9.89. The van der Waals surface area contributed by atoms with Crippen molar-refractivity contribution in [3.63, 3.8) is 0 Å². The second-order valence-electron chi connectivity index (χ2n) is 15.5. The molecule has 0 aromatic carbocycles. The van der Waals surface area contributed by atoms with E-state index >= 15 is 0 Å². The van der Waals surface area contributed by atoms with Crippen LogP contribution in [0.3, 0.4) is 0 Å². The zero-order valence-electron chi connectivity index (χ0n) is 33.4. The fraction of sp³-hybridized carbons (Fsp3) is 0.732. The highest BCUT2D eigenvalue weighted by molar-refractivity contribution is 5.95. The zero-order chi connectivity index (χ0) is 39.0. The molecule has 2 heterocycles. The van der Waals surface area contributed by atoms with E-state index in [1.807, 2.05) is 27.7 Å². The molecule has 0 fully saturated rings. The fourth-order valence-corrected chi connectivity index (χ4v) is 6.57. The largest absolute Gasteiger partial charge is 0.354 e. The lowest BCUT2D eigenvalue weighted by Crippen LogP contribution is -2.49. The van der Waals surface area contributed by atoms with Gasteiger partial charge in [-0.2, -0.15) is 0 Å². The molecule has 0 radical (unpaired) electrons. The maximum atomic E-state index is 13.6. The predicted octanol–water partition coefficient (Wildman–Crippen LogP) is 6.72. The van der Waals surface area contributed by atoms with Gasteiger partial charge < -0.3 is 25.9 Å². The molecule has 0 aliphatic heterocycles. The van der Waals surface area contributed by atoms with E-state index in [2.05, 4.69) is 42.8 Å². The Balaban J connectivity index is 1.88. The number of carbonyl (C=O) groups excluding carboxylic acids is 5. The van der Waals surface area contributed by atoms with Gasteiger partial charge in [0.15, 0.2) is 11.6 Å². The Morgan fingerprint density at radius 3 is 1.64 bits per heavy atom. The number of amides is 3. The minimum Gasteiger partial charge on any atom is -0.354 e. The second-order valence-corrected chi connectivity index (χ2v) is 15.5. The van der Waals surface area contributed by atoms with Crippen LogP contribution < -0.4 is 16.0 Å². The summed E-state index contributed by atoms with van der Waals surface area (Å²) in [7, 11) is 0. The summed E-state index contributed by atoms with van der Waals surface area (Å²) in [4.78, 5) is 80.6. The second kappa shape index (κ2) is 26.0. The molecule has 53 heavy (non-hydrogen) atoms. The molecule has 0 aliphatic rings. The van der Waals surface area contributed by atoms with Crippen LogP contribution in [0.4, 0.5) is 0 Å². The minimum absolute atomic E-state index is 0.0639. The van der Waals surface area contributed by atoms with Gasteiger partial charge in [-0.25, -0.2) is 9.97 Å². The van der Waals surface area contributed by atoms with Crippen LogP contribution in [0.25, 0.3) is 0 Å². The van der Waals surface area contributed by atoms with E-state index in [0.717, 1.165) is 25.0 Å². The molecule has 2 aromatic rings. The highest BCUT2D eigenvalue weighted by Crippen LogP contribution is 2.18. The van der Waals surface area contributed by atoms with Crippen LogP contribution in [-0.4, -0.2) is 67.3 Å². The first-order chi connectivity index (χ1) is 25.4. The van der Waals surface area contributed by atoms with Gasteiger partial charge in [0.25, 0.3) is 0 Å². The number of Topliss-reactive ketones (excluding diaryl/α,β-unsaturated/α-hetero) is 2. The molecule has 0 spiro atoms. The van der Waals surface area contributed by atoms with Gasteiger partial charge in [0.1, 0.15) is 0 Å². The van der Waals surface area contributed by atoms with Crippen molar-refractivity contribution in [3.8, 4) is 0 Å². The molecule has 0 saturated carbocycles. The Kier molecular flexibility index (Phi) is 22.3. The Hall–Kier alpha value is -3.83. The molecular formula is C41H69N7O5. The zero-order valence-corrected chi connectivity index (χ0v) is 33.4. The molecule has 3 amide bonds. The number of carbonyl (C=O) groups is 5. The Morgan fingerprint density at radius 2 is 1.15 bits per heavy atom. The van der Waals surface area contributed by atoms with E-state index in [4.69, 9.17) is 0 Å². The number of H-pyrrole nitrogens is 2. The monoisotopic (exact) mass is 740 g/mol. The molecule has 4 atom stereocenters. The number of unbranched alkanes of at least 4 members (excludes halogenated alkanes) is 12. The smallest absolute Gasteiger partial charge is 0.224 e. The van der Waals surface area contributed by atoms with Gasteiger partial charge in [0.05, 0.1) is 30.7 Å². The van der Waals surface area contributed by atoms with Crippen molar-refractivity contribution in [2.45, 2.75) is 175 Å². The van der Waals surface area contributed by atoms with E-state index < -0.39 is 29.8 Å². The first-order valence-electron chi connectivity index (χ1n) is 20.3. The van der Waals surface area contributed by atoms with Crippen LogP contribution in [0, 0.1) is 17.8 Å². The number of nitrogens with one attached hydrogen (secondary N) is 5. The first kappa shape index (κ1) is 45.3. The minimum atomic E-state index is -0.836. The predicted molar refractivity (Wildman–Crippen MR) is 209 cm³/mol. The maximum Gasteiger partial charge on any atom is 0.224 e. The molecule has 0 saturated heterocycles. The molecule has 12 heteroatoms. The van der Waals surface area contributed by atoms with Gasteiger partial charge in [-0.3, -0.25) is 24.0 Å². The van der Waals surface area contributed by atoms with E-state index in [-0.39, 0.29) is 54.6 Å². The first-order valence-corrected chi connectivity index (χ1v) is 20.3. The fourth-order valence-electron chi connectivity index (χ4n) is 6.57. The summed E-state index contributed by atoms with van der Waals surface area (Å²) in [5.41, 5.74) is 1.44. The molecule has 0 bridgehead atoms. The normalized spacial score (nSPS) is 13.7. The number of imidazole rings is 2. The van der Waals surface area contributed by atoms with Crippen molar-refractivity contribution in [1.29, 1.82) is 0 Å². The van der Waals surface area contributed by atoms with Gasteiger partial charge in [-0.05, 0) is 26.2 Å². The van der Waals surface area contributed by atoms with Crippen molar-refractivity contribution in [2.24, 2.45) is 17.8 Å². The average Bonchev–Trinajstić information content (AvgIpc) is 3.83. The van der Waals surface area contributed by atoms with Crippen LogP contribution in [0.2, 0.25) is 0 Å². The van der Waals surface area contributed by atoms with E-state index in [9.17, 15) is 24.0 Å². The highest BCUT2D eigenvalue weighted by atomic mass is 16.2. The SMILES string of the molecule is CCCCCCCCCCCCCCCC(=O)N[C@@H](Cc1cnc[nH]1)C(=O)C[C@@H](C)C(=O)N[C@H](C(=O)C[C@@H](Cc1cnc[nH]1)C(=O)NC(C)C)C(C)C. The molecule has 0 unspecified atom stereocenters. The third kappa shape index (κ3) is 19.2. The Bertz CT molecular complexity index is 1330. The lowest BCUT2D eigenvalue weighted by Gasteiger charge is -2.26. The number of aromatic nitrogens is 4. The molecular weight excluding hydrogens is 670 g/mol. The van der Waals surface area contributed by atoms with Crippen LogP contribution in [-0.2, 0) is 36.8 Å². The van der Waals surface area contributed by atoms with Crippen LogP contribution in [0.1, 0.15) is 156 Å². The number of ketones is 2. The summed E-state index contributed by atoms with van der Waals surface area (Å²) in [5, 5.41) is 8.67. The Morgan fingerprint density at radius 1 is 0.623 bits per heavy atom. The summed E-state index contributed by atoms with van der Waals surface area (Å²) in [6.45, 7) is 11.3. The lowest BCUT2D eigenvalue weighted by molar-refractivity contribution is -0.135. The number of nitrogens with zero attached hydrogens (tertiary/aromatic N) is 2. The summed E-state index contributed by atoms with van der Waals surface area (Å²) in [6.07, 6.45) is 22.9. The quantitative estimate of drug-likeness (QED) is 0.0552.